The van der Waals surface area contributed by atoms with E-state index in [0.717, 1.165) is 23.6 Å². The van der Waals surface area contributed by atoms with Crippen LogP contribution in [-0.4, -0.2) is 32.3 Å². The zero-order valence-corrected chi connectivity index (χ0v) is 19.8. The number of carbonyl (C=O) groups is 1. The van der Waals surface area contributed by atoms with Gasteiger partial charge in [-0.15, -0.1) is 0 Å². The fourth-order valence-electron chi connectivity index (χ4n) is 3.30. The van der Waals surface area contributed by atoms with Gasteiger partial charge in [0, 0.05) is 23.5 Å². The minimum absolute atomic E-state index is 0.136. The van der Waals surface area contributed by atoms with Crippen LogP contribution in [-0.2, 0) is 4.79 Å². The second-order valence-electron chi connectivity index (χ2n) is 7.88. The van der Waals surface area contributed by atoms with Gasteiger partial charge in [0.05, 0.1) is 13.2 Å². The molecule has 0 heterocycles. The van der Waals surface area contributed by atoms with E-state index in [4.69, 9.17) is 14.2 Å². The summed E-state index contributed by atoms with van der Waals surface area (Å²) in [5.74, 6) is 2.16. The summed E-state index contributed by atoms with van der Waals surface area (Å²) in [6.07, 6.45) is 4.64. The van der Waals surface area contributed by atoms with Crippen molar-refractivity contribution in [2.24, 2.45) is 0 Å². The SMILES string of the molecule is CCCCCCOc1cccc(NC(=O)CNc2cccc(OCCOc3ccccc3)c2)c1. The van der Waals surface area contributed by atoms with Crippen molar-refractivity contribution in [3.05, 3.63) is 78.9 Å². The molecule has 0 aliphatic rings. The molecular weight excluding hydrogens is 428 g/mol. The van der Waals surface area contributed by atoms with Crippen LogP contribution in [0.15, 0.2) is 78.9 Å². The number of ether oxygens (including phenoxy) is 3. The summed E-state index contributed by atoms with van der Waals surface area (Å²) in [6, 6.07) is 24.6. The fraction of sp³-hybridized carbons (Fsp3) is 0.321. The van der Waals surface area contributed by atoms with Crippen molar-refractivity contribution in [3.8, 4) is 17.2 Å². The molecule has 0 radical (unpaired) electrons. The summed E-state index contributed by atoms with van der Waals surface area (Å²) in [6.45, 7) is 3.90. The van der Waals surface area contributed by atoms with Gasteiger partial charge in [-0.1, -0.05) is 56.5 Å². The third-order valence-corrected chi connectivity index (χ3v) is 5.04. The topological polar surface area (TPSA) is 68.8 Å². The Morgan fingerprint density at radius 2 is 1.29 bits per heavy atom. The standard InChI is InChI=1S/C28H34N2O4/c1-2-3-4-8-17-32-27-16-10-12-24(21-27)30-28(31)22-29-23-11-9-15-26(20-23)34-19-18-33-25-13-6-5-7-14-25/h5-7,9-16,20-21,29H,2-4,8,17-19,22H2,1H3,(H,30,31). The monoisotopic (exact) mass is 462 g/mol. The maximum Gasteiger partial charge on any atom is 0.243 e. The first-order chi connectivity index (χ1) is 16.7. The molecule has 0 spiro atoms. The Hall–Kier alpha value is -3.67. The van der Waals surface area contributed by atoms with E-state index in [1.54, 1.807) is 0 Å². The second-order valence-corrected chi connectivity index (χ2v) is 7.88. The van der Waals surface area contributed by atoms with Crippen LogP contribution in [0.3, 0.4) is 0 Å². The normalized spacial score (nSPS) is 10.4. The van der Waals surface area contributed by atoms with Gasteiger partial charge in [0.1, 0.15) is 30.5 Å². The third kappa shape index (κ3) is 9.45. The molecule has 2 N–H and O–H groups in total. The number of amides is 1. The summed E-state index contributed by atoms with van der Waals surface area (Å²) in [7, 11) is 0. The predicted molar refractivity (Wildman–Crippen MR) is 137 cm³/mol. The number of hydrogen-bond acceptors (Lipinski definition) is 5. The largest absolute Gasteiger partial charge is 0.494 e. The van der Waals surface area contributed by atoms with Crippen LogP contribution in [0.1, 0.15) is 32.6 Å². The van der Waals surface area contributed by atoms with Crippen molar-refractivity contribution in [3.63, 3.8) is 0 Å². The van der Waals surface area contributed by atoms with E-state index in [2.05, 4.69) is 17.6 Å². The smallest absolute Gasteiger partial charge is 0.243 e. The van der Waals surface area contributed by atoms with E-state index in [1.165, 1.54) is 19.3 Å². The lowest BCUT2D eigenvalue weighted by atomic mass is 10.2. The molecule has 1 amide bonds. The third-order valence-electron chi connectivity index (χ3n) is 5.04. The summed E-state index contributed by atoms with van der Waals surface area (Å²) >= 11 is 0. The van der Waals surface area contributed by atoms with E-state index >= 15 is 0 Å². The first kappa shape index (κ1) is 25.0. The van der Waals surface area contributed by atoms with Gasteiger partial charge in [0.15, 0.2) is 0 Å². The lowest BCUT2D eigenvalue weighted by molar-refractivity contribution is -0.114. The van der Waals surface area contributed by atoms with Crippen LogP contribution in [0.25, 0.3) is 0 Å². The lowest BCUT2D eigenvalue weighted by Gasteiger charge is -2.12. The Morgan fingerprint density at radius 3 is 2.03 bits per heavy atom. The second kappa shape index (κ2) is 14.5. The summed E-state index contributed by atoms with van der Waals surface area (Å²) in [5, 5.41) is 6.04. The summed E-state index contributed by atoms with van der Waals surface area (Å²) < 4.78 is 17.2. The van der Waals surface area contributed by atoms with E-state index in [1.807, 2.05) is 78.9 Å². The highest BCUT2D eigenvalue weighted by atomic mass is 16.5. The van der Waals surface area contributed by atoms with Crippen LogP contribution in [0.4, 0.5) is 11.4 Å². The van der Waals surface area contributed by atoms with Crippen molar-refractivity contribution in [1.82, 2.24) is 0 Å². The molecule has 3 aromatic rings. The molecule has 0 aliphatic heterocycles. The molecular formula is C28H34N2O4. The molecule has 0 aromatic heterocycles. The van der Waals surface area contributed by atoms with Gasteiger partial charge in [0.2, 0.25) is 5.91 Å². The van der Waals surface area contributed by atoms with Crippen molar-refractivity contribution in [2.45, 2.75) is 32.6 Å². The molecule has 0 bridgehead atoms. The Morgan fingerprint density at radius 1 is 0.676 bits per heavy atom. The molecule has 34 heavy (non-hydrogen) atoms. The highest BCUT2D eigenvalue weighted by Gasteiger charge is 2.05. The molecule has 0 saturated carbocycles. The van der Waals surface area contributed by atoms with E-state index in [9.17, 15) is 4.79 Å². The minimum atomic E-state index is -0.136. The minimum Gasteiger partial charge on any atom is -0.494 e. The Kier molecular flexibility index (Phi) is 10.6. The van der Waals surface area contributed by atoms with Crippen LogP contribution in [0.5, 0.6) is 17.2 Å². The van der Waals surface area contributed by atoms with Crippen molar-refractivity contribution < 1.29 is 19.0 Å². The maximum absolute atomic E-state index is 12.4. The average Bonchev–Trinajstić information content (AvgIpc) is 2.86. The average molecular weight is 463 g/mol. The highest BCUT2D eigenvalue weighted by Crippen LogP contribution is 2.19. The number of anilines is 2. The van der Waals surface area contributed by atoms with Crippen molar-refractivity contribution >= 4 is 17.3 Å². The maximum atomic E-state index is 12.4. The van der Waals surface area contributed by atoms with Crippen LogP contribution >= 0.6 is 0 Å². The number of unbranched alkanes of at least 4 members (excludes halogenated alkanes) is 3. The zero-order chi connectivity index (χ0) is 23.8. The molecule has 3 rings (SSSR count). The van der Waals surface area contributed by atoms with Gasteiger partial charge in [-0.3, -0.25) is 4.79 Å². The Balaban J connectivity index is 1.38. The summed E-state index contributed by atoms with van der Waals surface area (Å²) in [4.78, 5) is 12.4. The van der Waals surface area contributed by atoms with Gasteiger partial charge in [0.25, 0.3) is 0 Å². The van der Waals surface area contributed by atoms with Gasteiger partial charge < -0.3 is 24.8 Å². The first-order valence-electron chi connectivity index (χ1n) is 11.9. The fourth-order valence-corrected chi connectivity index (χ4v) is 3.30. The molecule has 180 valence electrons. The Labute approximate surface area is 202 Å². The van der Waals surface area contributed by atoms with Gasteiger partial charge in [-0.25, -0.2) is 0 Å². The van der Waals surface area contributed by atoms with E-state index in [-0.39, 0.29) is 12.5 Å². The zero-order valence-electron chi connectivity index (χ0n) is 19.8. The molecule has 3 aromatic carbocycles. The lowest BCUT2D eigenvalue weighted by Crippen LogP contribution is -2.21. The number of para-hydroxylation sites is 1. The molecule has 0 aliphatic carbocycles. The number of benzene rings is 3. The van der Waals surface area contributed by atoms with E-state index in [0.29, 0.717) is 31.3 Å². The molecule has 6 nitrogen and oxygen atoms in total. The van der Waals surface area contributed by atoms with Crippen LogP contribution in [0, 0.1) is 0 Å². The van der Waals surface area contributed by atoms with E-state index < -0.39 is 0 Å². The Bertz CT molecular complexity index is 994. The molecule has 0 fully saturated rings. The molecule has 0 unspecified atom stereocenters. The van der Waals surface area contributed by atoms with Crippen molar-refractivity contribution in [1.29, 1.82) is 0 Å². The van der Waals surface area contributed by atoms with Crippen LogP contribution in [0.2, 0.25) is 0 Å². The number of nitrogens with one attached hydrogen (secondary N) is 2. The predicted octanol–water partition coefficient (Wildman–Crippen LogP) is 6.15. The van der Waals surface area contributed by atoms with Gasteiger partial charge >= 0.3 is 0 Å². The van der Waals surface area contributed by atoms with Gasteiger partial charge in [-0.05, 0) is 42.8 Å². The van der Waals surface area contributed by atoms with Crippen LogP contribution < -0.4 is 24.8 Å². The molecule has 0 saturated heterocycles. The number of carbonyl (C=O) groups excluding carboxylic acids is 1. The van der Waals surface area contributed by atoms with Crippen molar-refractivity contribution in [2.75, 3.05) is 37.0 Å². The quantitative estimate of drug-likeness (QED) is 0.265. The summed E-state index contributed by atoms with van der Waals surface area (Å²) in [5.41, 5.74) is 1.52. The van der Waals surface area contributed by atoms with Gasteiger partial charge in [-0.2, -0.15) is 0 Å². The first-order valence-corrected chi connectivity index (χ1v) is 11.9. The number of rotatable bonds is 15. The molecule has 6 heteroatoms. The highest BCUT2D eigenvalue weighted by molar-refractivity contribution is 5.93. The number of hydrogen-bond donors (Lipinski definition) is 2. The molecule has 0 atom stereocenters.